The van der Waals surface area contributed by atoms with Crippen molar-refractivity contribution in [3.05, 3.63) is 131 Å². The van der Waals surface area contributed by atoms with E-state index in [1.807, 2.05) is 30.3 Å². The van der Waals surface area contributed by atoms with E-state index in [0.717, 1.165) is 5.56 Å². The van der Waals surface area contributed by atoms with Crippen LogP contribution < -0.4 is 15.4 Å². The van der Waals surface area contributed by atoms with Gasteiger partial charge < -0.3 is 15.4 Å². The number of nitrogens with one attached hydrogen (secondary N) is 2. The van der Waals surface area contributed by atoms with Crippen LogP contribution >= 0.6 is 0 Å². The van der Waals surface area contributed by atoms with Gasteiger partial charge in [0, 0.05) is 46.6 Å². The second-order valence-corrected chi connectivity index (χ2v) is 9.03. The summed E-state index contributed by atoms with van der Waals surface area (Å²) in [5.41, 5.74) is 3.96. The maximum absolute atomic E-state index is 13.1. The Kier molecular flexibility index (Phi) is 7.50. The molecule has 5 aromatic rings. The Labute approximate surface area is 231 Å². The largest absolute Gasteiger partial charge is 0.497 e. The lowest BCUT2D eigenvalue weighted by molar-refractivity contribution is 0.101. The molecular weight excluding hydrogens is 504 g/mol. The highest BCUT2D eigenvalue weighted by Crippen LogP contribution is 2.24. The summed E-state index contributed by atoms with van der Waals surface area (Å²) in [6, 6.07) is 31.5. The van der Waals surface area contributed by atoms with Gasteiger partial charge in [-0.25, -0.2) is 0 Å². The molecule has 2 N–H and O–H groups in total. The molecule has 0 fully saturated rings. The van der Waals surface area contributed by atoms with Crippen molar-refractivity contribution in [1.82, 2.24) is 9.78 Å². The first-order valence-corrected chi connectivity index (χ1v) is 12.5. The molecule has 8 heteroatoms. The molecule has 0 spiro atoms. The van der Waals surface area contributed by atoms with Crippen LogP contribution in [0.25, 0.3) is 11.3 Å². The topological polar surface area (TPSA) is 102 Å². The highest BCUT2D eigenvalue weighted by atomic mass is 16.5. The smallest absolute Gasteiger partial charge is 0.256 e. The summed E-state index contributed by atoms with van der Waals surface area (Å²) >= 11 is 0. The number of rotatable bonds is 8. The van der Waals surface area contributed by atoms with Crippen LogP contribution in [0.2, 0.25) is 0 Å². The summed E-state index contributed by atoms with van der Waals surface area (Å²) in [5.74, 6) is 0.409. The minimum Gasteiger partial charge on any atom is -0.497 e. The number of benzene rings is 4. The maximum atomic E-state index is 13.1. The van der Waals surface area contributed by atoms with Crippen LogP contribution in [0.1, 0.15) is 36.6 Å². The molecule has 0 saturated heterocycles. The van der Waals surface area contributed by atoms with Gasteiger partial charge in [-0.15, -0.1) is 0 Å². The minimum atomic E-state index is -0.363. The first-order chi connectivity index (χ1) is 19.4. The Morgan fingerprint density at radius 3 is 2.02 bits per heavy atom. The number of methoxy groups -OCH3 is 1. The van der Waals surface area contributed by atoms with Gasteiger partial charge in [0.15, 0.2) is 5.78 Å². The van der Waals surface area contributed by atoms with Gasteiger partial charge in [-0.2, -0.15) is 5.10 Å². The van der Waals surface area contributed by atoms with E-state index in [1.54, 1.807) is 97.7 Å². The Morgan fingerprint density at radius 2 is 1.32 bits per heavy atom. The number of carbonyl (C=O) groups is 3. The fraction of sp³-hybridized carbons (Fsp3) is 0.0625. The Morgan fingerprint density at radius 1 is 0.675 bits per heavy atom. The standard InChI is InChI=1S/C32H26N4O4/c1-36-29(20-28(35-36)21-11-15-26(16-12-21)33-31(38)23-7-4-3-5-8-23)34-32(39)25-10-6-9-24(19-25)30(37)22-13-17-27(40-2)18-14-22/h3-20H,1-2H3,(H,33,38)(H,34,39). The number of anilines is 2. The van der Waals surface area contributed by atoms with Gasteiger partial charge in [0.1, 0.15) is 11.6 Å². The molecule has 0 unspecified atom stereocenters. The summed E-state index contributed by atoms with van der Waals surface area (Å²) < 4.78 is 6.72. The molecular formula is C32H26N4O4. The van der Waals surface area contributed by atoms with Gasteiger partial charge in [-0.1, -0.05) is 42.5 Å². The third-order valence-electron chi connectivity index (χ3n) is 6.34. The monoisotopic (exact) mass is 530 g/mol. The van der Waals surface area contributed by atoms with E-state index < -0.39 is 0 Å². The number of hydrogen-bond acceptors (Lipinski definition) is 5. The van der Waals surface area contributed by atoms with E-state index in [0.29, 0.717) is 45.2 Å². The average Bonchev–Trinajstić information content (AvgIpc) is 3.37. The normalized spacial score (nSPS) is 10.6. The molecule has 0 aliphatic rings. The van der Waals surface area contributed by atoms with Gasteiger partial charge in [0.25, 0.3) is 11.8 Å². The lowest BCUT2D eigenvalue weighted by atomic mass is 10.0. The van der Waals surface area contributed by atoms with E-state index in [4.69, 9.17) is 4.74 Å². The molecule has 5 rings (SSSR count). The van der Waals surface area contributed by atoms with Crippen molar-refractivity contribution in [2.45, 2.75) is 0 Å². The highest BCUT2D eigenvalue weighted by Gasteiger charge is 2.15. The zero-order chi connectivity index (χ0) is 28.1. The number of aromatic nitrogens is 2. The van der Waals surface area contributed by atoms with Gasteiger partial charge in [-0.05, 0) is 60.7 Å². The SMILES string of the molecule is COc1ccc(C(=O)c2cccc(C(=O)Nc3cc(-c4ccc(NC(=O)c5ccccc5)cc4)nn3C)c2)cc1. The molecule has 198 valence electrons. The molecule has 2 amide bonds. The molecule has 0 atom stereocenters. The van der Waals surface area contributed by atoms with Gasteiger partial charge >= 0.3 is 0 Å². The zero-order valence-corrected chi connectivity index (χ0v) is 21.9. The van der Waals surface area contributed by atoms with E-state index in [2.05, 4.69) is 15.7 Å². The molecule has 0 aliphatic carbocycles. The molecule has 1 heterocycles. The highest BCUT2D eigenvalue weighted by molar-refractivity contribution is 6.11. The maximum Gasteiger partial charge on any atom is 0.256 e. The average molecular weight is 531 g/mol. The summed E-state index contributed by atoms with van der Waals surface area (Å²) in [7, 11) is 3.30. The molecule has 0 aliphatic heterocycles. The summed E-state index contributed by atoms with van der Waals surface area (Å²) in [4.78, 5) is 38.4. The van der Waals surface area contributed by atoms with Crippen molar-refractivity contribution in [2.75, 3.05) is 17.7 Å². The predicted octanol–water partition coefficient (Wildman–Crippen LogP) is 5.83. The fourth-order valence-electron chi connectivity index (χ4n) is 4.14. The number of hydrogen-bond donors (Lipinski definition) is 2. The minimum absolute atomic E-state index is 0.189. The van der Waals surface area contributed by atoms with E-state index >= 15 is 0 Å². The fourth-order valence-corrected chi connectivity index (χ4v) is 4.14. The van der Waals surface area contributed by atoms with Gasteiger partial charge in [-0.3, -0.25) is 19.1 Å². The lowest BCUT2D eigenvalue weighted by Crippen LogP contribution is -2.15. The number of nitrogens with zero attached hydrogens (tertiary/aromatic N) is 2. The third-order valence-corrected chi connectivity index (χ3v) is 6.34. The Balaban J connectivity index is 1.27. The number of amides is 2. The second-order valence-electron chi connectivity index (χ2n) is 9.03. The van der Waals surface area contributed by atoms with E-state index in [1.165, 1.54) is 0 Å². The van der Waals surface area contributed by atoms with Crippen LogP contribution in [-0.2, 0) is 7.05 Å². The molecule has 1 aromatic heterocycles. The van der Waals surface area contributed by atoms with E-state index in [9.17, 15) is 14.4 Å². The van der Waals surface area contributed by atoms with Crippen molar-refractivity contribution in [3.63, 3.8) is 0 Å². The lowest BCUT2D eigenvalue weighted by Gasteiger charge is -2.07. The molecule has 0 saturated carbocycles. The quantitative estimate of drug-likeness (QED) is 0.246. The van der Waals surface area contributed by atoms with Crippen LogP contribution in [0.4, 0.5) is 11.5 Å². The van der Waals surface area contributed by atoms with Gasteiger partial charge in [0.2, 0.25) is 0 Å². The van der Waals surface area contributed by atoms with Crippen molar-refractivity contribution < 1.29 is 19.1 Å². The first-order valence-electron chi connectivity index (χ1n) is 12.5. The number of carbonyl (C=O) groups excluding carboxylic acids is 3. The molecule has 0 radical (unpaired) electrons. The third kappa shape index (κ3) is 5.81. The van der Waals surface area contributed by atoms with Crippen molar-refractivity contribution >= 4 is 29.1 Å². The van der Waals surface area contributed by atoms with Gasteiger partial charge in [0.05, 0.1) is 12.8 Å². The molecule has 40 heavy (non-hydrogen) atoms. The van der Waals surface area contributed by atoms with Crippen molar-refractivity contribution in [3.8, 4) is 17.0 Å². The molecule has 4 aromatic carbocycles. The van der Waals surface area contributed by atoms with Crippen molar-refractivity contribution in [1.29, 1.82) is 0 Å². The summed E-state index contributed by atoms with van der Waals surface area (Å²) in [6.07, 6.45) is 0. The van der Waals surface area contributed by atoms with E-state index in [-0.39, 0.29) is 17.6 Å². The van der Waals surface area contributed by atoms with Crippen LogP contribution in [0.5, 0.6) is 5.75 Å². The predicted molar refractivity (Wildman–Crippen MR) is 154 cm³/mol. The number of ether oxygens (including phenoxy) is 1. The van der Waals surface area contributed by atoms with Crippen LogP contribution in [0.3, 0.4) is 0 Å². The number of aryl methyl sites for hydroxylation is 1. The van der Waals surface area contributed by atoms with Crippen LogP contribution in [-0.4, -0.2) is 34.5 Å². The molecule has 8 nitrogen and oxygen atoms in total. The second kappa shape index (κ2) is 11.5. The Hall–Kier alpha value is -5.50. The summed E-state index contributed by atoms with van der Waals surface area (Å²) in [6.45, 7) is 0. The first kappa shape index (κ1) is 26.1. The van der Waals surface area contributed by atoms with Crippen molar-refractivity contribution in [2.24, 2.45) is 7.05 Å². The molecule has 0 bridgehead atoms. The number of ketones is 1. The van der Waals surface area contributed by atoms with Crippen LogP contribution in [0, 0.1) is 0 Å². The summed E-state index contributed by atoms with van der Waals surface area (Å²) in [5, 5.41) is 10.3. The Bertz CT molecular complexity index is 1670. The van der Waals surface area contributed by atoms with Crippen LogP contribution in [0.15, 0.2) is 109 Å². The zero-order valence-electron chi connectivity index (χ0n) is 21.9.